The lowest BCUT2D eigenvalue weighted by atomic mass is 10.0. The summed E-state index contributed by atoms with van der Waals surface area (Å²) in [5.74, 6) is -3.51. The average Bonchev–Trinajstić information content (AvgIpc) is 2.49. The first-order valence-corrected chi connectivity index (χ1v) is 7.47. The number of benzene rings is 1. The summed E-state index contributed by atoms with van der Waals surface area (Å²) in [6, 6.07) is 2.35. The Labute approximate surface area is 147 Å². The fraction of sp³-hybridized carbons (Fsp3) is 0.500. The van der Waals surface area contributed by atoms with Crippen molar-refractivity contribution in [2.45, 2.75) is 32.9 Å². The summed E-state index contributed by atoms with van der Waals surface area (Å²) in [6.07, 6.45) is 0. The fourth-order valence-corrected chi connectivity index (χ4v) is 1.93. The van der Waals surface area contributed by atoms with E-state index in [1.54, 1.807) is 20.9 Å². The third kappa shape index (κ3) is 6.05. The maximum atomic E-state index is 13.6. The Morgan fingerprint density at radius 2 is 1.67 bits per heavy atom. The van der Waals surface area contributed by atoms with Gasteiger partial charge < -0.3 is 16.0 Å². The monoisotopic (exact) mass is 363 g/mol. The standard InChI is InChI=1S/C16H23F2N3O2.ClH/c1-9(2)14(16(23)20-8-10(3)19-4)21-15(22)13-11(17)6-5-7-12(13)18;/h5-7,9-10,14,19H,8H2,1-4H3,(H,20,23)(H,21,22);1H/t10?,14-;/m0./s1. The van der Waals surface area contributed by atoms with Gasteiger partial charge in [0.2, 0.25) is 5.91 Å². The molecule has 5 nitrogen and oxygen atoms in total. The third-order valence-electron chi connectivity index (χ3n) is 3.50. The maximum Gasteiger partial charge on any atom is 0.257 e. The van der Waals surface area contributed by atoms with E-state index in [2.05, 4.69) is 16.0 Å². The molecule has 0 spiro atoms. The van der Waals surface area contributed by atoms with E-state index < -0.39 is 35.1 Å². The van der Waals surface area contributed by atoms with Gasteiger partial charge in [-0.05, 0) is 32.0 Å². The number of carbonyl (C=O) groups is 2. The molecule has 24 heavy (non-hydrogen) atoms. The van der Waals surface area contributed by atoms with Crippen molar-refractivity contribution in [2.75, 3.05) is 13.6 Å². The van der Waals surface area contributed by atoms with Crippen LogP contribution >= 0.6 is 12.4 Å². The summed E-state index contributed by atoms with van der Waals surface area (Å²) in [5.41, 5.74) is -0.686. The highest BCUT2D eigenvalue weighted by molar-refractivity contribution is 5.98. The van der Waals surface area contributed by atoms with Gasteiger partial charge in [0.15, 0.2) is 0 Å². The second-order valence-corrected chi connectivity index (χ2v) is 5.73. The van der Waals surface area contributed by atoms with Gasteiger partial charge in [-0.1, -0.05) is 19.9 Å². The van der Waals surface area contributed by atoms with Crippen LogP contribution in [-0.4, -0.2) is 37.5 Å². The number of halogens is 3. The Morgan fingerprint density at radius 3 is 2.12 bits per heavy atom. The second kappa shape index (κ2) is 10.2. The van der Waals surface area contributed by atoms with Gasteiger partial charge >= 0.3 is 0 Å². The highest BCUT2D eigenvalue weighted by Gasteiger charge is 2.27. The largest absolute Gasteiger partial charge is 0.353 e. The number of amides is 2. The van der Waals surface area contributed by atoms with Gasteiger partial charge in [-0.3, -0.25) is 9.59 Å². The van der Waals surface area contributed by atoms with Crippen LogP contribution in [-0.2, 0) is 4.79 Å². The topological polar surface area (TPSA) is 70.2 Å². The molecule has 0 saturated heterocycles. The zero-order valence-electron chi connectivity index (χ0n) is 14.2. The molecule has 1 aromatic rings. The zero-order valence-corrected chi connectivity index (χ0v) is 15.0. The lowest BCUT2D eigenvalue weighted by molar-refractivity contribution is -0.124. The van der Waals surface area contributed by atoms with E-state index in [4.69, 9.17) is 0 Å². The second-order valence-electron chi connectivity index (χ2n) is 5.73. The first-order chi connectivity index (χ1) is 10.8. The lowest BCUT2D eigenvalue weighted by Gasteiger charge is -2.23. The maximum absolute atomic E-state index is 13.6. The molecule has 1 unspecified atom stereocenters. The van der Waals surface area contributed by atoms with Gasteiger partial charge in [-0.15, -0.1) is 12.4 Å². The van der Waals surface area contributed by atoms with Gasteiger partial charge in [0.25, 0.3) is 5.91 Å². The van der Waals surface area contributed by atoms with Crippen LogP contribution in [0.1, 0.15) is 31.1 Å². The third-order valence-corrected chi connectivity index (χ3v) is 3.50. The first kappa shape index (κ1) is 22.3. The summed E-state index contributed by atoms with van der Waals surface area (Å²) in [5, 5.41) is 8.07. The minimum Gasteiger partial charge on any atom is -0.353 e. The molecule has 0 fully saturated rings. The average molecular weight is 364 g/mol. The number of likely N-dealkylation sites (N-methyl/N-ethyl adjacent to an activating group) is 1. The van der Waals surface area contributed by atoms with Gasteiger partial charge in [0.05, 0.1) is 0 Å². The van der Waals surface area contributed by atoms with Crippen molar-refractivity contribution in [1.29, 1.82) is 0 Å². The van der Waals surface area contributed by atoms with E-state index in [0.29, 0.717) is 6.54 Å². The van der Waals surface area contributed by atoms with Crippen molar-refractivity contribution < 1.29 is 18.4 Å². The first-order valence-electron chi connectivity index (χ1n) is 7.47. The summed E-state index contributed by atoms with van der Waals surface area (Å²) >= 11 is 0. The number of hydrogen-bond acceptors (Lipinski definition) is 3. The molecular formula is C16H24ClF2N3O2. The molecule has 1 aromatic carbocycles. The molecule has 0 saturated carbocycles. The Bertz CT molecular complexity index is 550. The fourth-order valence-electron chi connectivity index (χ4n) is 1.93. The number of hydrogen-bond donors (Lipinski definition) is 3. The van der Waals surface area contributed by atoms with E-state index in [-0.39, 0.29) is 24.4 Å². The molecule has 0 aliphatic heterocycles. The normalized spacial score (nSPS) is 13.0. The van der Waals surface area contributed by atoms with Crippen LogP contribution in [0, 0.1) is 17.6 Å². The lowest BCUT2D eigenvalue weighted by Crippen LogP contribution is -2.51. The molecule has 0 aromatic heterocycles. The molecule has 0 radical (unpaired) electrons. The number of rotatable bonds is 7. The van der Waals surface area contributed by atoms with Crippen LogP contribution in [0.4, 0.5) is 8.78 Å². The van der Waals surface area contributed by atoms with Crippen LogP contribution < -0.4 is 16.0 Å². The van der Waals surface area contributed by atoms with Crippen molar-refractivity contribution in [2.24, 2.45) is 5.92 Å². The van der Waals surface area contributed by atoms with Crippen LogP contribution in [0.5, 0.6) is 0 Å². The van der Waals surface area contributed by atoms with Gasteiger partial charge in [-0.2, -0.15) is 0 Å². The minimum atomic E-state index is -0.964. The Morgan fingerprint density at radius 1 is 1.12 bits per heavy atom. The van der Waals surface area contributed by atoms with E-state index >= 15 is 0 Å². The van der Waals surface area contributed by atoms with Crippen molar-refractivity contribution in [3.63, 3.8) is 0 Å². The highest BCUT2D eigenvalue weighted by atomic mass is 35.5. The molecule has 1 rings (SSSR count). The van der Waals surface area contributed by atoms with Crippen LogP contribution in [0.25, 0.3) is 0 Å². The smallest absolute Gasteiger partial charge is 0.257 e. The van der Waals surface area contributed by atoms with Crippen LogP contribution in [0.2, 0.25) is 0 Å². The van der Waals surface area contributed by atoms with Gasteiger partial charge in [-0.25, -0.2) is 8.78 Å². The quantitative estimate of drug-likeness (QED) is 0.692. The molecule has 8 heteroatoms. The van der Waals surface area contributed by atoms with E-state index in [0.717, 1.165) is 12.1 Å². The molecule has 136 valence electrons. The van der Waals surface area contributed by atoms with Gasteiger partial charge in [0, 0.05) is 12.6 Å². The van der Waals surface area contributed by atoms with E-state index in [1.165, 1.54) is 6.07 Å². The summed E-state index contributed by atoms with van der Waals surface area (Å²) < 4.78 is 27.3. The van der Waals surface area contributed by atoms with E-state index in [9.17, 15) is 18.4 Å². The van der Waals surface area contributed by atoms with Crippen molar-refractivity contribution in [1.82, 2.24) is 16.0 Å². The zero-order chi connectivity index (χ0) is 17.6. The molecule has 0 bridgehead atoms. The van der Waals surface area contributed by atoms with Crippen LogP contribution in [0.3, 0.4) is 0 Å². The SMILES string of the molecule is CNC(C)CNC(=O)[C@@H](NC(=O)c1c(F)cccc1F)C(C)C.Cl. The minimum absolute atomic E-state index is 0. The van der Waals surface area contributed by atoms with Crippen molar-refractivity contribution in [3.05, 3.63) is 35.4 Å². The summed E-state index contributed by atoms with van der Waals surface area (Å²) in [7, 11) is 1.76. The Hall–Kier alpha value is -1.73. The number of carbonyl (C=O) groups excluding carboxylic acids is 2. The molecule has 0 aliphatic carbocycles. The van der Waals surface area contributed by atoms with Crippen molar-refractivity contribution in [3.8, 4) is 0 Å². The molecule has 2 atom stereocenters. The molecule has 3 N–H and O–H groups in total. The Balaban J connectivity index is 0.00000529. The molecular weight excluding hydrogens is 340 g/mol. The highest BCUT2D eigenvalue weighted by Crippen LogP contribution is 2.13. The van der Waals surface area contributed by atoms with Crippen molar-refractivity contribution >= 4 is 24.2 Å². The summed E-state index contributed by atoms with van der Waals surface area (Å²) in [4.78, 5) is 24.3. The number of nitrogens with one attached hydrogen (secondary N) is 3. The van der Waals surface area contributed by atoms with Gasteiger partial charge in [0.1, 0.15) is 23.2 Å². The predicted octanol–water partition coefficient (Wildman–Crippen LogP) is 1.87. The van der Waals surface area contributed by atoms with E-state index in [1.807, 2.05) is 6.92 Å². The Kier molecular flexibility index (Phi) is 9.47. The molecule has 0 aliphatic rings. The molecule has 2 amide bonds. The van der Waals surface area contributed by atoms with Crippen LogP contribution in [0.15, 0.2) is 18.2 Å². The molecule has 0 heterocycles. The predicted molar refractivity (Wildman–Crippen MR) is 91.2 cm³/mol. The summed E-state index contributed by atoms with van der Waals surface area (Å²) in [6.45, 7) is 5.74.